The maximum absolute atomic E-state index is 12.0. The second-order valence-electron chi connectivity index (χ2n) is 5.09. The molecule has 0 aromatic heterocycles. The van der Waals surface area contributed by atoms with Crippen LogP contribution in [-0.4, -0.2) is 36.1 Å². The van der Waals surface area contributed by atoms with Gasteiger partial charge in [0, 0.05) is 0 Å². The molecule has 0 heterocycles. The number of aliphatic hydroxyl groups excluding tert-OH is 2. The van der Waals surface area contributed by atoms with E-state index in [9.17, 15) is 18.6 Å². The van der Waals surface area contributed by atoms with Gasteiger partial charge < -0.3 is 10.2 Å². The molecule has 5 heteroatoms. The van der Waals surface area contributed by atoms with Crippen molar-refractivity contribution >= 4 is 9.84 Å². The van der Waals surface area contributed by atoms with Gasteiger partial charge in [-0.05, 0) is 51.3 Å². The minimum Gasteiger partial charge on any atom is -0.391 e. The SMILES string of the molecule is CC(O)C(O)CCc1cccc(S(=O)(=O)C(C)C)c1. The van der Waals surface area contributed by atoms with E-state index in [-0.39, 0.29) is 0 Å². The summed E-state index contributed by atoms with van der Waals surface area (Å²) in [6.07, 6.45) is -0.621. The van der Waals surface area contributed by atoms with Crippen LogP contribution >= 0.6 is 0 Å². The Balaban J connectivity index is 2.84. The van der Waals surface area contributed by atoms with Crippen LogP contribution in [0.15, 0.2) is 29.2 Å². The Bertz CT molecular complexity index is 506. The highest BCUT2D eigenvalue weighted by Crippen LogP contribution is 2.18. The van der Waals surface area contributed by atoms with E-state index in [0.717, 1.165) is 5.56 Å². The highest BCUT2D eigenvalue weighted by Gasteiger charge is 2.19. The number of hydrogen-bond donors (Lipinski definition) is 2. The molecule has 0 aliphatic heterocycles. The summed E-state index contributed by atoms with van der Waals surface area (Å²) >= 11 is 0. The Labute approximate surface area is 115 Å². The monoisotopic (exact) mass is 286 g/mol. The van der Waals surface area contributed by atoms with E-state index >= 15 is 0 Å². The summed E-state index contributed by atoms with van der Waals surface area (Å²) in [4.78, 5) is 0.312. The van der Waals surface area contributed by atoms with E-state index in [1.165, 1.54) is 6.92 Å². The number of hydrogen-bond acceptors (Lipinski definition) is 4. The molecule has 2 atom stereocenters. The third kappa shape index (κ3) is 4.30. The Morgan fingerprint density at radius 1 is 1.16 bits per heavy atom. The third-order valence-electron chi connectivity index (χ3n) is 3.13. The molecule has 0 saturated carbocycles. The summed E-state index contributed by atoms with van der Waals surface area (Å²) in [6, 6.07) is 6.77. The van der Waals surface area contributed by atoms with Crippen LogP contribution in [0.25, 0.3) is 0 Å². The Kier molecular flexibility index (Phi) is 5.52. The van der Waals surface area contributed by atoms with E-state index in [1.807, 2.05) is 6.07 Å². The molecule has 0 amide bonds. The van der Waals surface area contributed by atoms with Crippen LogP contribution in [0.1, 0.15) is 32.8 Å². The van der Waals surface area contributed by atoms with Gasteiger partial charge in [-0.25, -0.2) is 8.42 Å². The average Bonchev–Trinajstić information content (AvgIpc) is 2.35. The Hall–Kier alpha value is -0.910. The van der Waals surface area contributed by atoms with Gasteiger partial charge in [0.1, 0.15) is 0 Å². The topological polar surface area (TPSA) is 74.6 Å². The maximum Gasteiger partial charge on any atom is 0.180 e. The molecule has 19 heavy (non-hydrogen) atoms. The zero-order valence-electron chi connectivity index (χ0n) is 11.6. The highest BCUT2D eigenvalue weighted by atomic mass is 32.2. The number of benzene rings is 1. The van der Waals surface area contributed by atoms with Gasteiger partial charge in [-0.3, -0.25) is 0 Å². The minimum atomic E-state index is -3.27. The van der Waals surface area contributed by atoms with Crippen LogP contribution in [0.2, 0.25) is 0 Å². The smallest absolute Gasteiger partial charge is 0.180 e. The number of aliphatic hydroxyl groups is 2. The van der Waals surface area contributed by atoms with Gasteiger partial charge in [-0.1, -0.05) is 12.1 Å². The largest absolute Gasteiger partial charge is 0.391 e. The maximum atomic E-state index is 12.0. The lowest BCUT2D eigenvalue weighted by atomic mass is 10.0. The first-order valence-corrected chi connectivity index (χ1v) is 7.98. The molecule has 0 bridgehead atoms. The molecule has 1 aromatic rings. The fourth-order valence-electron chi connectivity index (χ4n) is 1.71. The number of rotatable bonds is 6. The predicted molar refractivity (Wildman–Crippen MR) is 74.8 cm³/mol. The van der Waals surface area contributed by atoms with E-state index in [0.29, 0.717) is 17.7 Å². The molecule has 1 rings (SSSR count). The van der Waals surface area contributed by atoms with Crippen molar-refractivity contribution in [1.82, 2.24) is 0 Å². The molecule has 1 aromatic carbocycles. The van der Waals surface area contributed by atoms with Gasteiger partial charge >= 0.3 is 0 Å². The Morgan fingerprint density at radius 2 is 1.79 bits per heavy atom. The summed E-state index contributed by atoms with van der Waals surface area (Å²) in [5.41, 5.74) is 0.849. The van der Waals surface area contributed by atoms with Crippen molar-refractivity contribution < 1.29 is 18.6 Å². The van der Waals surface area contributed by atoms with E-state index in [1.54, 1.807) is 32.0 Å². The standard InChI is InChI=1S/C14H22O4S/c1-10(2)19(17,18)13-6-4-5-12(9-13)7-8-14(16)11(3)15/h4-6,9-11,14-16H,7-8H2,1-3H3. The van der Waals surface area contributed by atoms with Crippen LogP contribution in [0.4, 0.5) is 0 Å². The molecule has 0 radical (unpaired) electrons. The summed E-state index contributed by atoms with van der Waals surface area (Å²) < 4.78 is 24.1. The van der Waals surface area contributed by atoms with Gasteiger partial charge in [0.2, 0.25) is 0 Å². The highest BCUT2D eigenvalue weighted by molar-refractivity contribution is 7.92. The molecule has 2 unspecified atom stereocenters. The van der Waals surface area contributed by atoms with Gasteiger partial charge in [0.05, 0.1) is 22.4 Å². The number of aryl methyl sites for hydroxylation is 1. The first-order chi connectivity index (χ1) is 8.75. The van der Waals surface area contributed by atoms with Gasteiger partial charge in [0.15, 0.2) is 9.84 Å². The summed E-state index contributed by atoms with van der Waals surface area (Å²) in [7, 11) is -3.27. The predicted octanol–water partition coefficient (Wildman–Crippen LogP) is 1.54. The van der Waals surface area contributed by atoms with Crippen molar-refractivity contribution in [1.29, 1.82) is 0 Å². The van der Waals surface area contributed by atoms with Crippen LogP contribution in [0.5, 0.6) is 0 Å². The Morgan fingerprint density at radius 3 is 2.32 bits per heavy atom. The second kappa shape index (κ2) is 6.50. The normalized spacial score (nSPS) is 15.5. The van der Waals surface area contributed by atoms with Gasteiger partial charge in [0.25, 0.3) is 0 Å². The lowest BCUT2D eigenvalue weighted by Crippen LogP contribution is -2.22. The van der Waals surface area contributed by atoms with Gasteiger partial charge in [-0.2, -0.15) is 0 Å². The van der Waals surface area contributed by atoms with Crippen molar-refractivity contribution in [3.63, 3.8) is 0 Å². The van der Waals surface area contributed by atoms with Crippen LogP contribution in [0.3, 0.4) is 0 Å². The lowest BCUT2D eigenvalue weighted by molar-refractivity contribution is 0.0265. The molecule has 0 fully saturated rings. The molecular formula is C14H22O4S. The molecule has 0 spiro atoms. The van der Waals surface area contributed by atoms with Crippen LogP contribution in [0, 0.1) is 0 Å². The summed E-state index contributed by atoms with van der Waals surface area (Å²) in [6.45, 7) is 4.84. The zero-order chi connectivity index (χ0) is 14.6. The molecule has 0 saturated heterocycles. The second-order valence-corrected chi connectivity index (χ2v) is 7.59. The molecule has 2 N–H and O–H groups in total. The minimum absolute atomic E-state index is 0.312. The third-order valence-corrected chi connectivity index (χ3v) is 5.29. The lowest BCUT2D eigenvalue weighted by Gasteiger charge is -2.14. The fraction of sp³-hybridized carbons (Fsp3) is 0.571. The van der Waals surface area contributed by atoms with Crippen molar-refractivity contribution in [3.8, 4) is 0 Å². The quantitative estimate of drug-likeness (QED) is 0.832. The molecule has 0 aliphatic rings. The van der Waals surface area contributed by atoms with E-state index in [4.69, 9.17) is 0 Å². The molecule has 108 valence electrons. The van der Waals surface area contributed by atoms with Crippen molar-refractivity contribution in [3.05, 3.63) is 29.8 Å². The summed E-state index contributed by atoms with van der Waals surface area (Å²) in [5, 5.41) is 18.3. The van der Waals surface area contributed by atoms with Crippen LogP contribution in [-0.2, 0) is 16.3 Å². The molecular weight excluding hydrogens is 264 g/mol. The first kappa shape index (κ1) is 16.1. The van der Waals surface area contributed by atoms with Crippen molar-refractivity contribution in [2.24, 2.45) is 0 Å². The molecule has 4 nitrogen and oxygen atoms in total. The van der Waals surface area contributed by atoms with E-state index < -0.39 is 27.3 Å². The van der Waals surface area contributed by atoms with Crippen molar-refractivity contribution in [2.75, 3.05) is 0 Å². The summed E-state index contributed by atoms with van der Waals surface area (Å²) in [5.74, 6) is 0. The van der Waals surface area contributed by atoms with E-state index in [2.05, 4.69) is 0 Å². The average molecular weight is 286 g/mol. The first-order valence-electron chi connectivity index (χ1n) is 6.44. The fourth-order valence-corrected chi connectivity index (χ4v) is 2.83. The van der Waals surface area contributed by atoms with Gasteiger partial charge in [-0.15, -0.1) is 0 Å². The van der Waals surface area contributed by atoms with Crippen LogP contribution < -0.4 is 0 Å². The zero-order valence-corrected chi connectivity index (χ0v) is 12.4. The van der Waals surface area contributed by atoms with Crippen molar-refractivity contribution in [2.45, 2.75) is 56.0 Å². The number of sulfone groups is 1. The molecule has 0 aliphatic carbocycles.